The van der Waals surface area contributed by atoms with Gasteiger partial charge >= 0.3 is 0 Å². The molecular weight excluding hydrogens is 259 g/mol. The fourth-order valence-corrected chi connectivity index (χ4v) is 2.65. The van der Waals surface area contributed by atoms with Gasteiger partial charge in [-0.2, -0.15) is 0 Å². The van der Waals surface area contributed by atoms with Gasteiger partial charge in [-0.05, 0) is 17.5 Å². The molecule has 0 radical (unpaired) electrons. The molecule has 0 fully saturated rings. The maximum Gasteiger partial charge on any atom is 0.196 e. The number of hydrogen-bond donors (Lipinski definition) is 0. The van der Waals surface area contributed by atoms with E-state index in [0.717, 1.165) is 6.07 Å². The number of alkyl halides is 1. The van der Waals surface area contributed by atoms with Gasteiger partial charge in [-0.15, -0.1) is 23.4 Å². The second kappa shape index (κ2) is 4.59. The van der Waals surface area contributed by atoms with Crippen molar-refractivity contribution < 1.29 is 13.2 Å². The topological polar surface area (TPSA) is 3.24 Å². The van der Waals surface area contributed by atoms with E-state index in [2.05, 4.69) is 0 Å². The summed E-state index contributed by atoms with van der Waals surface area (Å²) in [6.45, 7) is 0. The summed E-state index contributed by atoms with van der Waals surface area (Å²) in [5.74, 6) is -3.18. The molecule has 1 aromatic carbocycles. The van der Waals surface area contributed by atoms with Crippen LogP contribution in [-0.4, -0.2) is 11.8 Å². The monoisotopic (exact) mass is 265 g/mol. The Morgan fingerprint density at radius 2 is 2.00 bits per heavy atom. The smallest absolute Gasteiger partial charge is 0.196 e. The maximum absolute atomic E-state index is 13.5. The molecule has 0 spiro atoms. The van der Waals surface area contributed by atoms with Gasteiger partial charge in [-0.25, -0.2) is 13.2 Å². The molecule has 1 aromatic rings. The van der Waals surface area contributed by atoms with Gasteiger partial charge in [0.05, 0.1) is 17.4 Å². The summed E-state index contributed by atoms with van der Waals surface area (Å²) >= 11 is 7.09. The molecule has 1 nitrogen and oxygen atoms in total. The highest BCUT2D eigenvalue weighted by Crippen LogP contribution is 2.33. The summed E-state index contributed by atoms with van der Waals surface area (Å²) < 4.78 is 39.3. The van der Waals surface area contributed by atoms with Crippen LogP contribution in [0.25, 0.3) is 0 Å². The molecule has 0 aliphatic carbocycles. The lowest BCUT2D eigenvalue weighted by atomic mass is 10.2. The second-order valence-electron chi connectivity index (χ2n) is 3.16. The summed E-state index contributed by atoms with van der Waals surface area (Å²) in [5, 5.41) is 1.77. The minimum absolute atomic E-state index is 0.0100. The normalized spacial score (nSPS) is 15.5. The Morgan fingerprint density at radius 1 is 1.25 bits per heavy atom. The molecular formula is C10H7ClF3NS. The zero-order valence-electron chi connectivity index (χ0n) is 8.01. The second-order valence-corrected chi connectivity index (χ2v) is 4.26. The first-order valence-corrected chi connectivity index (χ1v) is 6.01. The van der Waals surface area contributed by atoms with Crippen LogP contribution < -0.4 is 4.90 Å². The van der Waals surface area contributed by atoms with E-state index in [9.17, 15) is 13.2 Å². The summed E-state index contributed by atoms with van der Waals surface area (Å²) in [4.78, 5) is 1.52. The van der Waals surface area contributed by atoms with Crippen LogP contribution in [0.1, 0.15) is 0 Å². The molecule has 1 aliphatic rings. The summed E-state index contributed by atoms with van der Waals surface area (Å²) in [6, 6.07) is 2.11. The first-order chi connectivity index (χ1) is 7.65. The molecule has 2 rings (SSSR count). The van der Waals surface area contributed by atoms with Gasteiger partial charge in [-0.1, -0.05) is 0 Å². The Labute approximate surface area is 99.9 Å². The van der Waals surface area contributed by atoms with Gasteiger partial charge in [0.25, 0.3) is 0 Å². The van der Waals surface area contributed by atoms with Crippen LogP contribution in [0, 0.1) is 17.5 Å². The standard InChI is InChI=1S/C10H7ClF3NS/c11-3-6-4-16-5-15(6)8-2-1-7(12)9(13)10(8)14/h1-2,4H,3,5H2. The van der Waals surface area contributed by atoms with E-state index in [-0.39, 0.29) is 11.6 Å². The molecule has 1 aliphatic heterocycles. The third-order valence-electron chi connectivity index (χ3n) is 2.21. The molecule has 0 saturated heterocycles. The lowest BCUT2D eigenvalue weighted by Crippen LogP contribution is -2.20. The summed E-state index contributed by atoms with van der Waals surface area (Å²) in [5.41, 5.74) is 0.687. The van der Waals surface area contributed by atoms with Crippen LogP contribution in [0.2, 0.25) is 0 Å². The molecule has 0 saturated carbocycles. The Balaban J connectivity index is 2.42. The quantitative estimate of drug-likeness (QED) is 0.593. The first kappa shape index (κ1) is 11.7. The number of allylic oxidation sites excluding steroid dienone is 1. The fraction of sp³-hybridized carbons (Fsp3) is 0.200. The van der Waals surface area contributed by atoms with Crippen molar-refractivity contribution in [1.29, 1.82) is 0 Å². The lowest BCUT2D eigenvalue weighted by Gasteiger charge is -2.21. The van der Waals surface area contributed by atoms with Crippen molar-refractivity contribution in [3.8, 4) is 0 Å². The molecule has 0 unspecified atom stereocenters. The van der Waals surface area contributed by atoms with Gasteiger partial charge in [-0.3, -0.25) is 0 Å². The van der Waals surface area contributed by atoms with E-state index < -0.39 is 17.5 Å². The van der Waals surface area contributed by atoms with Crippen molar-refractivity contribution in [2.24, 2.45) is 0 Å². The minimum Gasteiger partial charge on any atom is -0.331 e. The highest BCUT2D eigenvalue weighted by Gasteiger charge is 2.23. The lowest BCUT2D eigenvalue weighted by molar-refractivity contribution is 0.447. The predicted molar refractivity (Wildman–Crippen MR) is 60.1 cm³/mol. The van der Waals surface area contributed by atoms with Crippen molar-refractivity contribution >= 4 is 29.1 Å². The molecule has 86 valence electrons. The predicted octanol–water partition coefficient (Wildman–Crippen LogP) is 3.69. The average molecular weight is 266 g/mol. The average Bonchev–Trinajstić information content (AvgIpc) is 2.74. The zero-order valence-corrected chi connectivity index (χ0v) is 9.59. The van der Waals surface area contributed by atoms with Crippen molar-refractivity contribution in [3.63, 3.8) is 0 Å². The molecule has 0 bridgehead atoms. The van der Waals surface area contributed by atoms with E-state index in [4.69, 9.17) is 11.6 Å². The molecule has 6 heteroatoms. The fourth-order valence-electron chi connectivity index (χ4n) is 1.41. The molecule has 16 heavy (non-hydrogen) atoms. The van der Waals surface area contributed by atoms with Crippen molar-refractivity contribution in [2.45, 2.75) is 0 Å². The maximum atomic E-state index is 13.5. The van der Waals surface area contributed by atoms with Crippen molar-refractivity contribution in [2.75, 3.05) is 16.7 Å². The Bertz CT molecular complexity index is 450. The first-order valence-electron chi connectivity index (χ1n) is 4.42. The Hall–Kier alpha value is -0.810. The number of hydrogen-bond acceptors (Lipinski definition) is 2. The SMILES string of the molecule is Fc1ccc(N2CSC=C2CCl)c(F)c1F. The van der Waals surface area contributed by atoms with Crippen molar-refractivity contribution in [1.82, 2.24) is 0 Å². The van der Waals surface area contributed by atoms with Gasteiger partial charge in [0.15, 0.2) is 17.5 Å². The van der Waals surface area contributed by atoms with Gasteiger partial charge in [0.1, 0.15) is 0 Å². The zero-order chi connectivity index (χ0) is 11.7. The molecule has 0 atom stereocenters. The van der Waals surface area contributed by atoms with Gasteiger partial charge in [0, 0.05) is 5.70 Å². The van der Waals surface area contributed by atoms with Gasteiger partial charge < -0.3 is 4.90 Å². The molecule has 0 amide bonds. The van der Waals surface area contributed by atoms with E-state index in [1.165, 1.54) is 22.7 Å². The third kappa shape index (κ3) is 1.89. The molecule has 1 heterocycles. The number of halogens is 4. The van der Waals surface area contributed by atoms with Gasteiger partial charge in [0.2, 0.25) is 0 Å². The summed E-state index contributed by atoms with van der Waals surface area (Å²) in [7, 11) is 0. The third-order valence-corrected chi connectivity index (χ3v) is 3.33. The van der Waals surface area contributed by atoms with Crippen LogP contribution in [0.5, 0.6) is 0 Å². The largest absolute Gasteiger partial charge is 0.331 e. The highest BCUT2D eigenvalue weighted by atomic mass is 35.5. The minimum atomic E-state index is -1.46. The van der Waals surface area contributed by atoms with E-state index in [0.29, 0.717) is 11.6 Å². The van der Waals surface area contributed by atoms with Crippen LogP contribution >= 0.6 is 23.4 Å². The molecule has 0 N–H and O–H groups in total. The van der Waals surface area contributed by atoms with Crippen LogP contribution in [-0.2, 0) is 0 Å². The number of anilines is 1. The molecule has 0 aromatic heterocycles. The van der Waals surface area contributed by atoms with E-state index in [1.807, 2.05) is 0 Å². The number of rotatable bonds is 2. The Kier molecular flexibility index (Phi) is 3.35. The van der Waals surface area contributed by atoms with Crippen LogP contribution in [0.15, 0.2) is 23.2 Å². The highest BCUT2D eigenvalue weighted by molar-refractivity contribution is 8.02. The summed E-state index contributed by atoms with van der Waals surface area (Å²) in [6.07, 6.45) is 0. The van der Waals surface area contributed by atoms with Crippen LogP contribution in [0.4, 0.5) is 18.9 Å². The Morgan fingerprint density at radius 3 is 2.69 bits per heavy atom. The van der Waals surface area contributed by atoms with E-state index >= 15 is 0 Å². The number of benzene rings is 1. The van der Waals surface area contributed by atoms with Crippen molar-refractivity contribution in [3.05, 3.63) is 40.7 Å². The van der Waals surface area contributed by atoms with E-state index in [1.54, 1.807) is 5.41 Å². The number of thioether (sulfide) groups is 1. The van der Waals surface area contributed by atoms with Crippen LogP contribution in [0.3, 0.4) is 0 Å². The number of nitrogens with zero attached hydrogens (tertiary/aromatic N) is 1.